The number of carbonyl (C=O) groups excluding carboxylic acids is 1. The molecule has 4 rings (SSSR count). The number of carbonyl (C=O) groups is 1. The summed E-state index contributed by atoms with van der Waals surface area (Å²) >= 11 is 2.76. The highest BCUT2D eigenvalue weighted by molar-refractivity contribution is 7.21. The molecule has 9 heteroatoms. The van der Waals surface area contributed by atoms with Crippen molar-refractivity contribution in [3.63, 3.8) is 0 Å². The van der Waals surface area contributed by atoms with Crippen molar-refractivity contribution in [1.82, 2.24) is 4.57 Å². The fraction of sp³-hybridized carbons (Fsp3) is 0.238. The summed E-state index contributed by atoms with van der Waals surface area (Å²) in [7, 11) is 1.64. The zero-order valence-corrected chi connectivity index (χ0v) is 18.3. The van der Waals surface area contributed by atoms with Gasteiger partial charge in [0.1, 0.15) is 0 Å². The molecule has 0 bridgehead atoms. The van der Waals surface area contributed by atoms with Gasteiger partial charge < -0.3 is 9.30 Å². The van der Waals surface area contributed by atoms with Gasteiger partial charge in [-0.2, -0.15) is 4.99 Å². The Morgan fingerprint density at radius 2 is 1.97 bits per heavy atom. The number of hydrogen-bond acceptors (Lipinski definition) is 6. The first kappa shape index (κ1) is 20.4. The standard InChI is InChI=1S/C21H19N3O4S2/c1-12-8-13(2)19-17(9-12)30-21(23(19)6-7-28-3)22-20(25)18-11-14-10-15(24(26)27)4-5-16(14)29-18/h4-5,8-11H,6-7H2,1-3H3. The van der Waals surface area contributed by atoms with Crippen LogP contribution in [0, 0.1) is 24.0 Å². The number of hydrogen-bond donors (Lipinski definition) is 0. The molecule has 2 aromatic heterocycles. The van der Waals surface area contributed by atoms with E-state index >= 15 is 0 Å². The second-order valence-corrected chi connectivity index (χ2v) is 9.06. The van der Waals surface area contributed by atoms with E-state index < -0.39 is 4.92 Å². The molecule has 0 aliphatic rings. The number of thiazole rings is 1. The Bertz CT molecular complexity index is 1360. The van der Waals surface area contributed by atoms with E-state index in [0.717, 1.165) is 26.0 Å². The Morgan fingerprint density at radius 3 is 2.70 bits per heavy atom. The maximum absolute atomic E-state index is 12.9. The van der Waals surface area contributed by atoms with Crippen molar-refractivity contribution in [2.45, 2.75) is 20.4 Å². The monoisotopic (exact) mass is 441 g/mol. The second kappa shape index (κ2) is 8.10. The van der Waals surface area contributed by atoms with Gasteiger partial charge in [-0.1, -0.05) is 17.4 Å². The number of nitrogens with zero attached hydrogens (tertiary/aromatic N) is 3. The largest absolute Gasteiger partial charge is 0.383 e. The predicted molar refractivity (Wildman–Crippen MR) is 120 cm³/mol. The smallest absolute Gasteiger partial charge is 0.289 e. The van der Waals surface area contributed by atoms with Gasteiger partial charge >= 0.3 is 0 Å². The third-order valence-corrected chi connectivity index (χ3v) is 6.88. The zero-order valence-electron chi connectivity index (χ0n) is 16.7. The summed E-state index contributed by atoms with van der Waals surface area (Å²) in [6.45, 7) is 5.19. The molecule has 2 aromatic carbocycles. The Hall–Kier alpha value is -2.88. The molecule has 0 aliphatic heterocycles. The second-order valence-electron chi connectivity index (χ2n) is 6.96. The van der Waals surface area contributed by atoms with E-state index in [1.165, 1.54) is 34.8 Å². The molecule has 2 heterocycles. The average molecular weight is 442 g/mol. The van der Waals surface area contributed by atoms with E-state index in [0.29, 0.717) is 28.2 Å². The van der Waals surface area contributed by atoms with Gasteiger partial charge in [0.25, 0.3) is 11.6 Å². The molecular weight excluding hydrogens is 422 g/mol. The van der Waals surface area contributed by atoms with Crippen LogP contribution in [0.2, 0.25) is 0 Å². The number of thiophene rings is 1. The number of fused-ring (bicyclic) bond motifs is 2. The molecule has 154 valence electrons. The third kappa shape index (κ3) is 3.79. The van der Waals surface area contributed by atoms with E-state index in [-0.39, 0.29) is 11.6 Å². The van der Waals surface area contributed by atoms with E-state index in [1.54, 1.807) is 19.2 Å². The lowest BCUT2D eigenvalue weighted by molar-refractivity contribution is -0.384. The molecule has 4 aromatic rings. The van der Waals surface area contributed by atoms with Crippen LogP contribution in [0.5, 0.6) is 0 Å². The minimum absolute atomic E-state index is 0.00370. The number of methoxy groups -OCH3 is 1. The minimum atomic E-state index is -0.441. The van der Waals surface area contributed by atoms with Gasteiger partial charge in [-0.3, -0.25) is 14.9 Å². The van der Waals surface area contributed by atoms with E-state index in [9.17, 15) is 14.9 Å². The number of benzene rings is 2. The number of amides is 1. The average Bonchev–Trinajstić information content (AvgIpc) is 3.26. The van der Waals surface area contributed by atoms with Gasteiger partial charge in [-0.15, -0.1) is 11.3 Å². The molecule has 0 fully saturated rings. The minimum Gasteiger partial charge on any atom is -0.383 e. The van der Waals surface area contributed by atoms with Crippen LogP contribution in [0.3, 0.4) is 0 Å². The molecule has 7 nitrogen and oxygen atoms in total. The normalized spacial score (nSPS) is 12.2. The fourth-order valence-corrected chi connectivity index (χ4v) is 5.62. The fourth-order valence-electron chi connectivity index (χ4n) is 3.46. The van der Waals surface area contributed by atoms with Crippen LogP contribution in [-0.2, 0) is 11.3 Å². The molecule has 1 amide bonds. The molecular formula is C21H19N3O4S2. The van der Waals surface area contributed by atoms with Crippen molar-refractivity contribution in [3.8, 4) is 0 Å². The molecule has 0 N–H and O–H groups in total. The number of aromatic nitrogens is 1. The van der Waals surface area contributed by atoms with E-state index in [4.69, 9.17) is 4.74 Å². The van der Waals surface area contributed by atoms with Gasteiger partial charge in [0.05, 0.1) is 26.6 Å². The number of nitro groups is 1. The van der Waals surface area contributed by atoms with Crippen LogP contribution in [0.1, 0.15) is 20.8 Å². The predicted octanol–water partition coefficient (Wildman–Crippen LogP) is 4.83. The number of non-ortho nitro benzene ring substituents is 1. The Kier molecular flexibility index (Phi) is 5.50. The lowest BCUT2D eigenvalue weighted by atomic mass is 10.1. The maximum Gasteiger partial charge on any atom is 0.289 e. The number of ether oxygens (including phenoxy) is 1. The van der Waals surface area contributed by atoms with Crippen molar-refractivity contribution in [3.05, 3.63) is 67.3 Å². The van der Waals surface area contributed by atoms with Crippen LogP contribution in [0.4, 0.5) is 5.69 Å². The summed E-state index contributed by atoms with van der Waals surface area (Å²) in [5, 5.41) is 11.7. The molecule has 0 unspecified atom stereocenters. The van der Waals surface area contributed by atoms with Gasteiger partial charge in [0.15, 0.2) is 4.80 Å². The van der Waals surface area contributed by atoms with E-state index in [1.807, 2.05) is 11.5 Å². The lowest BCUT2D eigenvalue weighted by Crippen LogP contribution is -2.19. The van der Waals surface area contributed by atoms with Crippen molar-refractivity contribution >= 4 is 54.6 Å². The number of nitro benzene ring substituents is 1. The number of aryl methyl sites for hydroxylation is 2. The van der Waals surface area contributed by atoms with Crippen LogP contribution >= 0.6 is 22.7 Å². The highest BCUT2D eigenvalue weighted by Gasteiger charge is 2.15. The summed E-state index contributed by atoms with van der Waals surface area (Å²) < 4.78 is 9.15. The molecule has 0 saturated heterocycles. The first-order valence-electron chi connectivity index (χ1n) is 9.24. The van der Waals surface area contributed by atoms with Gasteiger partial charge in [0, 0.05) is 35.9 Å². The van der Waals surface area contributed by atoms with Crippen LogP contribution in [-0.4, -0.2) is 29.1 Å². The summed E-state index contributed by atoms with van der Waals surface area (Å²) in [5.41, 5.74) is 3.34. The van der Waals surface area contributed by atoms with E-state index in [2.05, 4.69) is 24.0 Å². The molecule has 0 spiro atoms. The summed E-state index contributed by atoms with van der Waals surface area (Å²) in [5.74, 6) is -0.356. The summed E-state index contributed by atoms with van der Waals surface area (Å²) in [6, 6.07) is 10.5. The molecule has 0 atom stereocenters. The van der Waals surface area contributed by atoms with Crippen LogP contribution in [0.15, 0.2) is 41.4 Å². The SMILES string of the molecule is COCCn1c(=NC(=O)c2cc3cc([N+](=O)[O-])ccc3s2)sc2cc(C)cc(C)c21. The zero-order chi connectivity index (χ0) is 21.4. The van der Waals surface area contributed by atoms with Gasteiger partial charge in [-0.25, -0.2) is 0 Å². The molecule has 0 aliphatic carbocycles. The first-order valence-corrected chi connectivity index (χ1v) is 10.9. The maximum atomic E-state index is 12.9. The van der Waals surface area contributed by atoms with Crippen molar-refractivity contribution in [2.24, 2.45) is 4.99 Å². The Morgan fingerprint density at radius 1 is 1.17 bits per heavy atom. The van der Waals surface area contributed by atoms with Crippen molar-refractivity contribution < 1.29 is 14.5 Å². The molecule has 0 radical (unpaired) electrons. The lowest BCUT2D eigenvalue weighted by Gasteiger charge is -2.07. The number of rotatable bonds is 5. The topological polar surface area (TPSA) is 86.7 Å². The first-order chi connectivity index (χ1) is 14.4. The Balaban J connectivity index is 1.82. The third-order valence-electron chi connectivity index (χ3n) is 4.75. The highest BCUT2D eigenvalue weighted by Crippen LogP contribution is 2.29. The van der Waals surface area contributed by atoms with Gasteiger partial charge in [-0.05, 0) is 43.2 Å². The molecule has 30 heavy (non-hydrogen) atoms. The van der Waals surface area contributed by atoms with Gasteiger partial charge in [0.2, 0.25) is 0 Å². The summed E-state index contributed by atoms with van der Waals surface area (Å²) in [6.07, 6.45) is 0. The Labute approximate surface area is 180 Å². The van der Waals surface area contributed by atoms with Crippen molar-refractivity contribution in [2.75, 3.05) is 13.7 Å². The van der Waals surface area contributed by atoms with Crippen LogP contribution in [0.25, 0.3) is 20.3 Å². The van der Waals surface area contributed by atoms with Crippen molar-refractivity contribution in [1.29, 1.82) is 0 Å². The quantitative estimate of drug-likeness (QED) is 0.328. The van der Waals surface area contributed by atoms with Crippen LogP contribution < -0.4 is 4.80 Å². The summed E-state index contributed by atoms with van der Waals surface area (Å²) in [4.78, 5) is 29.0. The molecule has 0 saturated carbocycles. The highest BCUT2D eigenvalue weighted by atomic mass is 32.1.